The van der Waals surface area contributed by atoms with Crippen LogP contribution in [0, 0.1) is 13.8 Å². The first-order chi connectivity index (χ1) is 15.4. The fourth-order valence-corrected chi connectivity index (χ4v) is 5.27. The molecule has 3 aromatic rings. The van der Waals surface area contributed by atoms with Crippen molar-refractivity contribution in [3.63, 3.8) is 0 Å². The zero-order valence-corrected chi connectivity index (χ0v) is 20.4. The summed E-state index contributed by atoms with van der Waals surface area (Å²) in [6.45, 7) is 5.29. The maximum Gasteiger partial charge on any atom is 0.262 e. The first kappa shape index (κ1) is 24.5. The number of nitrogens with one attached hydrogen (secondary N) is 2. The van der Waals surface area contributed by atoms with Gasteiger partial charge in [-0.05, 0) is 73.9 Å². The molecule has 3 aromatic carbocycles. The van der Waals surface area contributed by atoms with Crippen LogP contribution in [0.15, 0.2) is 76.5 Å². The lowest BCUT2D eigenvalue weighted by Crippen LogP contribution is -2.27. The third-order valence-corrected chi connectivity index (χ3v) is 7.82. The molecule has 0 spiro atoms. The molecule has 0 heterocycles. The largest absolute Gasteiger partial charge is 0.346 e. The molecule has 0 saturated carbocycles. The number of carbonyl (C=O) groups is 1. The van der Waals surface area contributed by atoms with E-state index in [1.807, 2.05) is 13.0 Å². The number of rotatable bonds is 7. The molecular weight excluding hydrogens is 460 g/mol. The highest BCUT2D eigenvalue weighted by molar-refractivity contribution is 7.92. The molecule has 0 unspecified atom stereocenters. The van der Waals surface area contributed by atoms with Crippen molar-refractivity contribution < 1.29 is 21.6 Å². The highest BCUT2D eigenvalue weighted by Crippen LogP contribution is 2.22. The van der Waals surface area contributed by atoms with E-state index < -0.39 is 31.8 Å². The molecule has 0 aliphatic carbocycles. The second kappa shape index (κ2) is 9.36. The summed E-state index contributed by atoms with van der Waals surface area (Å²) in [6.07, 6.45) is 1.13. The van der Waals surface area contributed by atoms with E-state index in [0.29, 0.717) is 11.3 Å². The SMILES string of the molecule is Cc1cccc(NS(=O)(=O)c2cc(C(=O)N[C@H](C)c3ccc(S(C)(=O)=O)cc3)ccc2C)c1. The average Bonchev–Trinajstić information content (AvgIpc) is 2.73. The minimum absolute atomic E-state index is 0.0156. The Morgan fingerprint density at radius 3 is 2.15 bits per heavy atom. The Kier molecular flexibility index (Phi) is 6.94. The van der Waals surface area contributed by atoms with Crippen molar-refractivity contribution >= 4 is 31.5 Å². The van der Waals surface area contributed by atoms with E-state index in [0.717, 1.165) is 17.4 Å². The van der Waals surface area contributed by atoms with Crippen molar-refractivity contribution in [1.29, 1.82) is 0 Å². The summed E-state index contributed by atoms with van der Waals surface area (Å²) in [4.78, 5) is 13.0. The van der Waals surface area contributed by atoms with Crippen LogP contribution in [0.3, 0.4) is 0 Å². The predicted molar refractivity (Wildman–Crippen MR) is 129 cm³/mol. The molecule has 1 amide bonds. The monoisotopic (exact) mass is 486 g/mol. The lowest BCUT2D eigenvalue weighted by Gasteiger charge is -2.16. The Hall–Kier alpha value is -3.17. The Labute approximate surface area is 194 Å². The molecule has 9 heteroatoms. The van der Waals surface area contributed by atoms with Crippen molar-refractivity contribution in [3.05, 3.63) is 89.0 Å². The maximum absolute atomic E-state index is 13.0. The van der Waals surface area contributed by atoms with E-state index in [1.165, 1.54) is 18.2 Å². The standard InChI is InChI=1S/C24H26N2O5S2/c1-16-6-5-7-21(14-16)26-33(30,31)23-15-20(9-8-17(23)2)24(27)25-18(3)19-10-12-22(13-11-19)32(4,28)29/h5-15,18,26H,1-4H3,(H,25,27)/t18-/m1/s1. The van der Waals surface area contributed by atoms with Crippen LogP contribution in [0.2, 0.25) is 0 Å². The highest BCUT2D eigenvalue weighted by Gasteiger charge is 2.20. The van der Waals surface area contributed by atoms with Gasteiger partial charge in [-0.1, -0.05) is 30.3 Å². The lowest BCUT2D eigenvalue weighted by atomic mass is 10.1. The van der Waals surface area contributed by atoms with Crippen LogP contribution in [0.1, 0.15) is 40.0 Å². The highest BCUT2D eigenvalue weighted by atomic mass is 32.2. The number of hydrogen-bond donors (Lipinski definition) is 2. The molecule has 174 valence electrons. The molecule has 2 N–H and O–H groups in total. The van der Waals surface area contributed by atoms with Gasteiger partial charge in [0.05, 0.1) is 15.8 Å². The lowest BCUT2D eigenvalue weighted by molar-refractivity contribution is 0.0939. The van der Waals surface area contributed by atoms with Gasteiger partial charge < -0.3 is 5.32 Å². The fraction of sp³-hybridized carbons (Fsp3) is 0.208. The van der Waals surface area contributed by atoms with Crippen LogP contribution in [-0.2, 0) is 19.9 Å². The third kappa shape index (κ3) is 6.00. The number of carbonyl (C=O) groups excluding carboxylic acids is 1. The minimum atomic E-state index is -3.90. The number of aryl methyl sites for hydroxylation is 2. The van der Waals surface area contributed by atoms with Gasteiger partial charge >= 0.3 is 0 Å². The van der Waals surface area contributed by atoms with Crippen LogP contribution >= 0.6 is 0 Å². The number of benzene rings is 3. The Morgan fingerprint density at radius 1 is 0.879 bits per heavy atom. The van der Waals surface area contributed by atoms with E-state index in [9.17, 15) is 21.6 Å². The van der Waals surface area contributed by atoms with Gasteiger partial charge in [0.15, 0.2) is 9.84 Å². The molecular formula is C24H26N2O5S2. The summed E-state index contributed by atoms with van der Waals surface area (Å²) in [5.41, 5.74) is 2.78. The van der Waals surface area contributed by atoms with Crippen LogP contribution in [0.5, 0.6) is 0 Å². The van der Waals surface area contributed by atoms with Crippen molar-refractivity contribution in [2.45, 2.75) is 36.6 Å². The van der Waals surface area contributed by atoms with Gasteiger partial charge in [-0.25, -0.2) is 16.8 Å². The molecule has 33 heavy (non-hydrogen) atoms. The molecule has 3 rings (SSSR count). The molecule has 0 aliphatic heterocycles. The zero-order valence-electron chi connectivity index (χ0n) is 18.8. The molecule has 0 radical (unpaired) electrons. The van der Waals surface area contributed by atoms with E-state index in [2.05, 4.69) is 10.0 Å². The fourth-order valence-electron chi connectivity index (χ4n) is 3.32. The molecule has 1 atom stereocenters. The van der Waals surface area contributed by atoms with Gasteiger partial charge in [0.2, 0.25) is 0 Å². The van der Waals surface area contributed by atoms with Gasteiger partial charge in [-0.2, -0.15) is 0 Å². The van der Waals surface area contributed by atoms with Crippen LogP contribution in [-0.4, -0.2) is 29.0 Å². The summed E-state index contributed by atoms with van der Waals surface area (Å²) in [7, 11) is -7.21. The smallest absolute Gasteiger partial charge is 0.262 e. The normalized spacial score (nSPS) is 12.7. The van der Waals surface area contributed by atoms with Gasteiger partial charge in [-0.15, -0.1) is 0 Å². The molecule has 7 nitrogen and oxygen atoms in total. The average molecular weight is 487 g/mol. The Bertz CT molecular complexity index is 1400. The Morgan fingerprint density at radius 2 is 1.55 bits per heavy atom. The number of anilines is 1. The minimum Gasteiger partial charge on any atom is -0.346 e. The second-order valence-electron chi connectivity index (χ2n) is 7.99. The van der Waals surface area contributed by atoms with Crippen molar-refractivity contribution in [2.24, 2.45) is 0 Å². The zero-order chi connectivity index (χ0) is 24.4. The number of hydrogen-bond acceptors (Lipinski definition) is 5. The van der Waals surface area contributed by atoms with Crippen LogP contribution < -0.4 is 10.0 Å². The van der Waals surface area contributed by atoms with Crippen molar-refractivity contribution in [2.75, 3.05) is 11.0 Å². The predicted octanol–water partition coefficient (Wildman–Crippen LogP) is 4.00. The van der Waals surface area contributed by atoms with Crippen LogP contribution in [0.4, 0.5) is 5.69 Å². The van der Waals surface area contributed by atoms with E-state index >= 15 is 0 Å². The maximum atomic E-state index is 13.0. The van der Waals surface area contributed by atoms with E-state index in [1.54, 1.807) is 56.3 Å². The summed E-state index contributed by atoms with van der Waals surface area (Å²) in [5, 5.41) is 2.82. The number of amides is 1. The van der Waals surface area contributed by atoms with E-state index in [-0.39, 0.29) is 15.4 Å². The Balaban J connectivity index is 1.81. The van der Waals surface area contributed by atoms with Crippen molar-refractivity contribution in [3.8, 4) is 0 Å². The first-order valence-electron chi connectivity index (χ1n) is 10.2. The first-order valence-corrected chi connectivity index (χ1v) is 13.6. The molecule has 0 saturated heterocycles. The van der Waals surface area contributed by atoms with E-state index in [4.69, 9.17) is 0 Å². The van der Waals surface area contributed by atoms with Gasteiger partial charge in [-0.3, -0.25) is 9.52 Å². The molecule has 0 aromatic heterocycles. The molecule has 0 bridgehead atoms. The van der Waals surface area contributed by atoms with Gasteiger partial charge in [0.25, 0.3) is 15.9 Å². The molecule has 0 fully saturated rings. The number of sulfonamides is 1. The molecule has 0 aliphatic rings. The van der Waals surface area contributed by atoms with Gasteiger partial charge in [0.1, 0.15) is 0 Å². The topological polar surface area (TPSA) is 109 Å². The number of sulfone groups is 1. The quantitative estimate of drug-likeness (QED) is 0.525. The van der Waals surface area contributed by atoms with Crippen LogP contribution in [0.25, 0.3) is 0 Å². The summed E-state index contributed by atoms with van der Waals surface area (Å²) in [5.74, 6) is -0.443. The third-order valence-electron chi connectivity index (χ3n) is 5.17. The van der Waals surface area contributed by atoms with Crippen molar-refractivity contribution in [1.82, 2.24) is 5.32 Å². The van der Waals surface area contributed by atoms with Gasteiger partial charge in [0, 0.05) is 17.5 Å². The summed E-state index contributed by atoms with van der Waals surface area (Å²) in [6, 6.07) is 17.3. The summed E-state index contributed by atoms with van der Waals surface area (Å²) >= 11 is 0. The summed E-state index contributed by atoms with van der Waals surface area (Å²) < 4.78 is 51.8. The second-order valence-corrected chi connectivity index (χ2v) is 11.7.